The van der Waals surface area contributed by atoms with Crippen molar-refractivity contribution >= 4 is 46.8 Å². The van der Waals surface area contributed by atoms with Crippen molar-refractivity contribution in [3.05, 3.63) is 53.6 Å². The van der Waals surface area contributed by atoms with Crippen LogP contribution in [0, 0.1) is 17.8 Å². The van der Waals surface area contributed by atoms with Crippen molar-refractivity contribution in [3.63, 3.8) is 0 Å². The fourth-order valence-corrected chi connectivity index (χ4v) is 8.72. The Morgan fingerprint density at radius 2 is 1.86 bits per heavy atom. The summed E-state index contributed by atoms with van der Waals surface area (Å²) in [5.74, 6) is -2.48. The molecule has 4 heterocycles. The first-order valence-corrected chi connectivity index (χ1v) is 14.1. The predicted molar refractivity (Wildman–Crippen MR) is 144 cm³/mol. The number of aliphatic hydroxyl groups excluding tert-OH is 1. The second kappa shape index (κ2) is 9.79. The van der Waals surface area contributed by atoms with Crippen molar-refractivity contribution in [2.24, 2.45) is 17.8 Å². The zero-order valence-corrected chi connectivity index (χ0v) is 22.9. The van der Waals surface area contributed by atoms with Crippen molar-refractivity contribution in [1.29, 1.82) is 0 Å². The average Bonchev–Trinajstić information content (AvgIpc) is 3.19. The van der Waals surface area contributed by atoms with Crippen LogP contribution < -0.4 is 4.90 Å². The number of rotatable bonds is 5. The van der Waals surface area contributed by atoms with Gasteiger partial charge in [0.15, 0.2) is 0 Å². The van der Waals surface area contributed by atoms with Crippen molar-refractivity contribution in [3.8, 4) is 0 Å². The fourth-order valence-electron chi connectivity index (χ4n) is 6.45. The summed E-state index contributed by atoms with van der Waals surface area (Å²) in [6.45, 7) is 6.26. The molecule has 2 saturated heterocycles. The fraction of sp³-hybridized carbons (Fsp3) is 0.536. The Labute approximate surface area is 226 Å². The Balaban J connectivity index is 1.69. The Morgan fingerprint density at radius 1 is 1.14 bits per heavy atom. The van der Waals surface area contributed by atoms with Crippen LogP contribution in [0.15, 0.2) is 48.6 Å². The third-order valence-electron chi connectivity index (χ3n) is 8.44. The van der Waals surface area contributed by atoms with Crippen LogP contribution in [-0.2, 0) is 19.1 Å². The summed E-state index contributed by atoms with van der Waals surface area (Å²) >= 11 is 7.62. The van der Waals surface area contributed by atoms with Crippen LogP contribution in [0.1, 0.15) is 33.6 Å². The molecule has 5 rings (SSSR count). The van der Waals surface area contributed by atoms with E-state index in [9.17, 15) is 19.5 Å². The first-order chi connectivity index (χ1) is 17.7. The number of amides is 2. The number of nitrogens with zero attached hydrogens (tertiary/aromatic N) is 2. The molecule has 0 aliphatic carbocycles. The van der Waals surface area contributed by atoms with E-state index in [1.807, 2.05) is 45.1 Å². The highest BCUT2D eigenvalue weighted by Gasteiger charge is 2.74. The topological polar surface area (TPSA) is 87.2 Å². The van der Waals surface area contributed by atoms with Crippen molar-refractivity contribution in [2.45, 2.75) is 55.2 Å². The minimum atomic E-state index is -0.983. The van der Waals surface area contributed by atoms with Gasteiger partial charge in [-0.3, -0.25) is 14.4 Å². The van der Waals surface area contributed by atoms with E-state index in [4.69, 9.17) is 16.3 Å². The molecule has 7 nitrogen and oxygen atoms in total. The van der Waals surface area contributed by atoms with Crippen molar-refractivity contribution < 1.29 is 24.2 Å². The number of halogens is 1. The first-order valence-electron chi connectivity index (χ1n) is 12.9. The van der Waals surface area contributed by atoms with E-state index in [0.717, 1.165) is 6.42 Å². The minimum absolute atomic E-state index is 0.0468. The number of likely N-dealkylation sites (tertiary alicyclic amines) is 1. The number of thioether (sulfide) groups is 1. The Kier molecular flexibility index (Phi) is 6.96. The van der Waals surface area contributed by atoms with Crippen molar-refractivity contribution in [1.82, 2.24) is 4.90 Å². The van der Waals surface area contributed by atoms with Gasteiger partial charge in [0.05, 0.1) is 35.8 Å². The average molecular weight is 545 g/mol. The molecule has 1 unspecified atom stereocenters. The number of anilines is 1. The van der Waals surface area contributed by atoms with E-state index >= 15 is 0 Å². The molecule has 1 aromatic rings. The molecular formula is C28H33ClN2O5S. The van der Waals surface area contributed by atoms with Crippen LogP contribution in [-0.4, -0.2) is 69.1 Å². The van der Waals surface area contributed by atoms with E-state index < -0.39 is 39.4 Å². The summed E-state index contributed by atoms with van der Waals surface area (Å²) in [6, 6.07) is 5.61. The third-order valence-corrected chi connectivity index (χ3v) is 10.5. The maximum absolute atomic E-state index is 14.5. The number of esters is 1. The zero-order valence-electron chi connectivity index (χ0n) is 21.3. The normalized spacial score (nSPS) is 34.7. The van der Waals surface area contributed by atoms with Gasteiger partial charge in [0.1, 0.15) is 6.04 Å². The Hall–Kier alpha value is -2.29. The molecular weight excluding hydrogens is 512 g/mol. The molecule has 198 valence electrons. The lowest BCUT2D eigenvalue weighted by atomic mass is 9.74. The van der Waals surface area contributed by atoms with Crippen LogP contribution >= 0.6 is 23.4 Å². The molecule has 4 aliphatic rings. The highest BCUT2D eigenvalue weighted by molar-refractivity contribution is 8.02. The lowest BCUT2D eigenvalue weighted by molar-refractivity contribution is -0.155. The lowest BCUT2D eigenvalue weighted by Crippen LogP contribution is -2.58. The molecule has 9 heteroatoms. The van der Waals surface area contributed by atoms with E-state index in [0.29, 0.717) is 23.7 Å². The molecule has 4 aliphatic heterocycles. The molecule has 7 atom stereocenters. The molecule has 2 amide bonds. The Morgan fingerprint density at radius 3 is 2.54 bits per heavy atom. The number of cyclic esters (lactones) is 1. The largest absolute Gasteiger partial charge is 0.465 e. The number of carbonyl (C=O) groups is 3. The van der Waals surface area contributed by atoms with Gasteiger partial charge in [-0.25, -0.2) is 0 Å². The first kappa shape index (κ1) is 26.3. The SMILES string of the molecule is CC[C@H](C)[C@H](CO)N1C(=O)[C@@H]2[C@H]3C(=O)OCCC=C[C@@]3(C)S[C@@]23C=CCN(c2ccc(Cl)cc2)C(=O)C13. The van der Waals surface area contributed by atoms with Gasteiger partial charge in [-0.2, -0.15) is 0 Å². The smallest absolute Gasteiger partial charge is 0.311 e. The van der Waals surface area contributed by atoms with Gasteiger partial charge in [-0.15, -0.1) is 11.8 Å². The second-order valence-electron chi connectivity index (χ2n) is 10.6. The maximum atomic E-state index is 14.5. The number of aliphatic hydroxyl groups is 1. The van der Waals surface area contributed by atoms with E-state index in [1.165, 1.54) is 11.8 Å². The monoisotopic (exact) mass is 544 g/mol. The van der Waals surface area contributed by atoms with Gasteiger partial charge < -0.3 is 19.6 Å². The van der Waals surface area contributed by atoms with Gasteiger partial charge >= 0.3 is 5.97 Å². The molecule has 1 spiro atoms. The van der Waals surface area contributed by atoms with Crippen LogP contribution in [0.2, 0.25) is 5.02 Å². The van der Waals surface area contributed by atoms with Crippen LogP contribution in [0.3, 0.4) is 0 Å². The molecule has 1 N–H and O–H groups in total. The number of carbonyl (C=O) groups excluding carboxylic acids is 3. The molecule has 0 aromatic heterocycles. The molecule has 37 heavy (non-hydrogen) atoms. The van der Waals surface area contributed by atoms with Gasteiger partial charge in [0, 0.05) is 22.0 Å². The van der Waals surface area contributed by atoms with Crippen LogP contribution in [0.25, 0.3) is 0 Å². The quantitative estimate of drug-likeness (QED) is 0.448. The highest BCUT2D eigenvalue weighted by Crippen LogP contribution is 2.65. The molecule has 0 radical (unpaired) electrons. The predicted octanol–water partition coefficient (Wildman–Crippen LogP) is 3.84. The zero-order chi connectivity index (χ0) is 26.5. The summed E-state index contributed by atoms with van der Waals surface area (Å²) < 4.78 is 3.89. The maximum Gasteiger partial charge on any atom is 0.311 e. The minimum Gasteiger partial charge on any atom is -0.465 e. The van der Waals surface area contributed by atoms with E-state index in [2.05, 4.69) is 0 Å². The summed E-state index contributed by atoms with van der Waals surface area (Å²) in [6.07, 6.45) is 9.25. The number of hydrogen-bond donors (Lipinski definition) is 1. The summed E-state index contributed by atoms with van der Waals surface area (Å²) in [7, 11) is 0. The van der Waals surface area contributed by atoms with Crippen LogP contribution in [0.5, 0.6) is 0 Å². The van der Waals surface area contributed by atoms with Gasteiger partial charge in [0.25, 0.3) is 5.91 Å². The van der Waals surface area contributed by atoms with Crippen molar-refractivity contribution in [2.75, 3.05) is 24.7 Å². The van der Waals surface area contributed by atoms with Gasteiger partial charge in [-0.05, 0) is 43.5 Å². The number of fused-ring (bicyclic) bond motifs is 2. The number of ether oxygens (including phenoxy) is 1. The van der Waals surface area contributed by atoms with E-state index in [1.54, 1.807) is 34.1 Å². The highest BCUT2D eigenvalue weighted by atomic mass is 35.5. The van der Waals surface area contributed by atoms with E-state index in [-0.39, 0.29) is 30.9 Å². The summed E-state index contributed by atoms with van der Waals surface area (Å²) in [5, 5.41) is 11.0. The second-order valence-corrected chi connectivity index (χ2v) is 12.8. The standard InChI is InChI=1S/C28H33ClN2O5S/c1-4-17(2)20(16-32)31-23-25(34)30(19-10-8-18(29)9-11-19)14-7-13-28(23)21(24(31)33)22-26(35)36-15-6-5-12-27(22,3)37-28/h5,7-13,17,20-23,32H,4,6,14-16H2,1-3H3/t17-,20-,21-,22-,23?,27+,28-/m0/s1. The van der Waals surface area contributed by atoms with Crippen LogP contribution in [0.4, 0.5) is 5.69 Å². The summed E-state index contributed by atoms with van der Waals surface area (Å²) in [5.41, 5.74) is 0.676. The lowest BCUT2D eigenvalue weighted by Gasteiger charge is -2.41. The molecule has 1 aromatic carbocycles. The molecule has 0 bridgehead atoms. The number of hydrogen-bond acceptors (Lipinski definition) is 6. The number of benzene rings is 1. The Bertz CT molecular complexity index is 1160. The molecule has 0 saturated carbocycles. The van der Waals surface area contributed by atoms with Gasteiger partial charge in [-0.1, -0.05) is 56.2 Å². The third kappa shape index (κ3) is 4.03. The molecule has 2 fully saturated rings. The van der Waals surface area contributed by atoms with Gasteiger partial charge in [0.2, 0.25) is 5.91 Å². The summed E-state index contributed by atoms with van der Waals surface area (Å²) in [4.78, 5) is 45.6.